The van der Waals surface area contributed by atoms with Gasteiger partial charge in [-0.05, 0) is 67.0 Å². The highest BCUT2D eigenvalue weighted by atomic mass is 16.5. The average Bonchev–Trinajstić information content (AvgIpc) is 3.18. The molecule has 0 aliphatic heterocycles. The number of methoxy groups -OCH3 is 2. The second-order valence-corrected chi connectivity index (χ2v) is 10.9. The van der Waals surface area contributed by atoms with E-state index in [2.05, 4.69) is 55.1 Å². The highest BCUT2D eigenvalue weighted by molar-refractivity contribution is 5.86. The molecule has 6 heteroatoms. The van der Waals surface area contributed by atoms with Crippen LogP contribution in [0.4, 0.5) is 0 Å². The Hall–Kier alpha value is -3.61. The van der Waals surface area contributed by atoms with Crippen molar-refractivity contribution >= 4 is 5.97 Å². The molecule has 5 rings (SSSR count). The van der Waals surface area contributed by atoms with Gasteiger partial charge in [-0.25, -0.2) is 4.79 Å². The first-order valence-corrected chi connectivity index (χ1v) is 14.4. The van der Waals surface area contributed by atoms with Crippen LogP contribution in [0.15, 0.2) is 72.8 Å². The lowest BCUT2D eigenvalue weighted by Gasteiger charge is -2.38. The maximum absolute atomic E-state index is 12.2. The topological polar surface area (TPSA) is 63.2 Å². The molecule has 0 heterocycles. The lowest BCUT2D eigenvalue weighted by molar-refractivity contribution is -0.139. The van der Waals surface area contributed by atoms with Crippen molar-refractivity contribution < 1.29 is 28.5 Å². The summed E-state index contributed by atoms with van der Waals surface area (Å²) in [5.74, 6) is 1.46. The van der Waals surface area contributed by atoms with Crippen LogP contribution < -0.4 is 9.47 Å². The summed E-state index contributed by atoms with van der Waals surface area (Å²) in [6.45, 7) is 7.62. The molecule has 6 nitrogen and oxygen atoms in total. The van der Waals surface area contributed by atoms with E-state index in [0.717, 1.165) is 30.8 Å². The van der Waals surface area contributed by atoms with E-state index >= 15 is 0 Å². The second kappa shape index (κ2) is 12.9. The fourth-order valence-corrected chi connectivity index (χ4v) is 6.58. The molecular weight excluding hydrogens is 516 g/mol. The van der Waals surface area contributed by atoms with E-state index in [1.807, 2.05) is 12.1 Å². The molecule has 216 valence electrons. The largest absolute Gasteiger partial charge is 0.491 e. The third-order valence-corrected chi connectivity index (χ3v) is 8.29. The highest BCUT2D eigenvalue weighted by Gasteiger charge is 2.48. The Labute approximate surface area is 243 Å². The van der Waals surface area contributed by atoms with Crippen LogP contribution in [0, 0.1) is 0 Å². The molecule has 3 aromatic carbocycles. The normalized spacial score (nSPS) is 18.4. The zero-order valence-electron chi connectivity index (χ0n) is 24.4. The molecule has 0 radical (unpaired) electrons. The van der Waals surface area contributed by atoms with Gasteiger partial charge in [0.2, 0.25) is 0 Å². The minimum absolute atomic E-state index is 0.0940. The summed E-state index contributed by atoms with van der Waals surface area (Å²) >= 11 is 0. The fourth-order valence-electron chi connectivity index (χ4n) is 6.58. The van der Waals surface area contributed by atoms with Crippen molar-refractivity contribution in [3.8, 4) is 11.5 Å². The Bertz CT molecular complexity index is 1400. The van der Waals surface area contributed by atoms with E-state index in [0.29, 0.717) is 45.0 Å². The zero-order valence-corrected chi connectivity index (χ0v) is 24.4. The number of esters is 1. The highest BCUT2D eigenvalue weighted by Crippen LogP contribution is 2.57. The minimum atomic E-state index is -0.425. The van der Waals surface area contributed by atoms with Crippen molar-refractivity contribution in [2.45, 2.75) is 43.9 Å². The number of hydrogen-bond donors (Lipinski definition) is 0. The summed E-state index contributed by atoms with van der Waals surface area (Å²) in [7, 11) is 3.37. The van der Waals surface area contributed by atoms with Gasteiger partial charge in [-0.1, -0.05) is 55.1 Å². The number of benzene rings is 3. The first kappa shape index (κ1) is 28.9. The SMILES string of the molecule is C=C(C)C(=O)OCCCC12Cc3ccccc3C(Cc3ccccc31)c1c(OCCOC)ccc(OCCOC)c12. The number of carbonyl (C=O) groups is 1. The van der Waals surface area contributed by atoms with Crippen molar-refractivity contribution in [2.24, 2.45) is 0 Å². The van der Waals surface area contributed by atoms with E-state index in [9.17, 15) is 4.79 Å². The van der Waals surface area contributed by atoms with Crippen LogP contribution in [0.3, 0.4) is 0 Å². The van der Waals surface area contributed by atoms with E-state index in [1.165, 1.54) is 33.4 Å². The van der Waals surface area contributed by atoms with E-state index in [1.54, 1.807) is 21.1 Å². The van der Waals surface area contributed by atoms with Crippen LogP contribution in [0.25, 0.3) is 0 Å². The molecule has 0 saturated heterocycles. The lowest BCUT2D eigenvalue weighted by atomic mass is 9.66. The standard InChI is InChI=1S/C35H40O6/c1-24(2)34(36)41-17-9-16-35-23-26-11-5-7-12-27(26)28(22-25-10-6-8-13-29(25)35)32-30(39-20-18-37-3)14-15-31(33(32)35)40-21-19-38-4/h5-8,10-15,28H,1,9,16-23H2,2-4H3. The van der Waals surface area contributed by atoms with Gasteiger partial charge in [-0.15, -0.1) is 0 Å². The van der Waals surface area contributed by atoms with Gasteiger partial charge in [0.15, 0.2) is 0 Å². The van der Waals surface area contributed by atoms with Gasteiger partial charge >= 0.3 is 5.97 Å². The lowest BCUT2D eigenvalue weighted by Crippen LogP contribution is -2.33. The number of ether oxygens (including phenoxy) is 5. The zero-order chi connectivity index (χ0) is 28.8. The summed E-state index contributed by atoms with van der Waals surface area (Å²) < 4.78 is 29.2. The second-order valence-electron chi connectivity index (χ2n) is 10.9. The molecule has 0 amide bonds. The Balaban J connectivity index is 1.73. The first-order chi connectivity index (χ1) is 20.0. The molecule has 2 aliphatic carbocycles. The van der Waals surface area contributed by atoms with Crippen LogP contribution in [0.2, 0.25) is 0 Å². The molecule has 3 aromatic rings. The fraction of sp³-hybridized carbons (Fsp3) is 0.400. The number of carbonyl (C=O) groups excluding carboxylic acids is 1. The van der Waals surface area contributed by atoms with Crippen LogP contribution in [-0.2, 0) is 37.3 Å². The van der Waals surface area contributed by atoms with Crippen molar-refractivity contribution in [2.75, 3.05) is 47.3 Å². The Morgan fingerprint density at radius 2 is 1.51 bits per heavy atom. The number of rotatable bonds is 13. The average molecular weight is 557 g/mol. The molecule has 0 aromatic heterocycles. The van der Waals surface area contributed by atoms with Crippen molar-refractivity contribution in [1.82, 2.24) is 0 Å². The van der Waals surface area contributed by atoms with Gasteiger partial charge in [0, 0.05) is 42.3 Å². The molecule has 2 unspecified atom stereocenters. The Morgan fingerprint density at radius 3 is 2.24 bits per heavy atom. The smallest absolute Gasteiger partial charge is 0.333 e. The van der Waals surface area contributed by atoms with Gasteiger partial charge in [0.05, 0.1) is 19.8 Å². The summed E-state index contributed by atoms with van der Waals surface area (Å²) in [4.78, 5) is 12.2. The maximum atomic E-state index is 12.2. The van der Waals surface area contributed by atoms with Crippen molar-refractivity contribution in [1.29, 1.82) is 0 Å². The quantitative estimate of drug-likeness (QED) is 0.143. The van der Waals surface area contributed by atoms with E-state index in [4.69, 9.17) is 23.7 Å². The molecule has 41 heavy (non-hydrogen) atoms. The number of fused-ring (bicyclic) bond motifs is 4. The Morgan fingerprint density at radius 1 is 0.854 bits per heavy atom. The summed E-state index contributed by atoms with van der Waals surface area (Å²) in [6.07, 6.45) is 3.12. The molecule has 2 bridgehead atoms. The first-order valence-electron chi connectivity index (χ1n) is 14.4. The molecular formula is C35H40O6. The molecule has 0 spiro atoms. The summed E-state index contributed by atoms with van der Waals surface area (Å²) in [6, 6.07) is 21.7. The van der Waals surface area contributed by atoms with Crippen LogP contribution >= 0.6 is 0 Å². The van der Waals surface area contributed by atoms with Gasteiger partial charge < -0.3 is 23.7 Å². The molecule has 0 fully saturated rings. The molecule has 0 saturated carbocycles. The van der Waals surface area contributed by atoms with E-state index < -0.39 is 5.41 Å². The maximum Gasteiger partial charge on any atom is 0.333 e. The predicted molar refractivity (Wildman–Crippen MR) is 159 cm³/mol. The Kier molecular flexibility index (Phi) is 9.11. The predicted octanol–water partition coefficient (Wildman–Crippen LogP) is 6.17. The van der Waals surface area contributed by atoms with E-state index in [-0.39, 0.29) is 11.9 Å². The minimum Gasteiger partial charge on any atom is -0.491 e. The van der Waals surface area contributed by atoms with Crippen LogP contribution in [0.1, 0.15) is 59.1 Å². The third-order valence-electron chi connectivity index (χ3n) is 8.29. The van der Waals surface area contributed by atoms with Crippen LogP contribution in [0.5, 0.6) is 11.5 Å². The van der Waals surface area contributed by atoms with Crippen molar-refractivity contribution in [3.05, 3.63) is 106 Å². The number of hydrogen-bond acceptors (Lipinski definition) is 6. The van der Waals surface area contributed by atoms with Crippen LogP contribution in [-0.4, -0.2) is 53.2 Å². The van der Waals surface area contributed by atoms with Gasteiger partial charge in [0.1, 0.15) is 24.7 Å². The van der Waals surface area contributed by atoms with Gasteiger partial charge in [-0.3, -0.25) is 0 Å². The van der Waals surface area contributed by atoms with Gasteiger partial charge in [-0.2, -0.15) is 0 Å². The third kappa shape index (κ3) is 5.77. The summed E-state index contributed by atoms with van der Waals surface area (Å²) in [5, 5.41) is 0. The van der Waals surface area contributed by atoms with Crippen molar-refractivity contribution in [3.63, 3.8) is 0 Å². The molecule has 0 N–H and O–H groups in total. The molecule has 2 atom stereocenters. The van der Waals surface area contributed by atoms with Gasteiger partial charge in [0.25, 0.3) is 0 Å². The molecule has 2 aliphatic rings. The summed E-state index contributed by atoms with van der Waals surface area (Å²) in [5.41, 5.74) is 7.61. The monoisotopic (exact) mass is 556 g/mol.